The molecule has 18 heavy (non-hydrogen) atoms. The van der Waals surface area contributed by atoms with Crippen molar-refractivity contribution in [3.05, 3.63) is 47.8 Å². The van der Waals surface area contributed by atoms with Crippen LogP contribution in [0.25, 0.3) is 22.2 Å². The number of H-pyrrole nitrogens is 1. The van der Waals surface area contributed by atoms with Crippen molar-refractivity contribution in [1.29, 1.82) is 0 Å². The molecular weight excluding hydrogens is 224 g/mol. The number of hydrogen-bond donors (Lipinski definition) is 2. The minimum atomic E-state index is 0.538. The molecule has 0 bridgehead atoms. The third-order valence-corrected chi connectivity index (χ3v) is 3.03. The Morgan fingerprint density at radius 1 is 1.22 bits per heavy atom. The van der Waals surface area contributed by atoms with Crippen LogP contribution in [0.5, 0.6) is 0 Å². The topological polar surface area (TPSA) is 67.6 Å². The Labute approximate surface area is 105 Å². The van der Waals surface area contributed by atoms with Gasteiger partial charge in [0.2, 0.25) is 0 Å². The third-order valence-electron chi connectivity index (χ3n) is 3.03. The summed E-state index contributed by atoms with van der Waals surface area (Å²) in [5.41, 5.74) is 10.8. The Bertz CT molecular complexity index is 700. The number of pyridine rings is 1. The molecule has 0 aliphatic rings. The fourth-order valence-electron chi connectivity index (χ4n) is 2.10. The van der Waals surface area contributed by atoms with E-state index in [-0.39, 0.29) is 0 Å². The van der Waals surface area contributed by atoms with Crippen LogP contribution in [0.3, 0.4) is 0 Å². The highest BCUT2D eigenvalue weighted by atomic mass is 15.1. The number of aromatic amines is 1. The summed E-state index contributed by atoms with van der Waals surface area (Å²) in [5, 5.41) is 8.54. The molecule has 0 aliphatic heterocycles. The van der Waals surface area contributed by atoms with Gasteiger partial charge in [-0.05, 0) is 36.8 Å². The van der Waals surface area contributed by atoms with E-state index in [9.17, 15) is 0 Å². The second-order valence-corrected chi connectivity index (χ2v) is 4.34. The molecule has 3 N–H and O–H groups in total. The van der Waals surface area contributed by atoms with Crippen LogP contribution in [-0.2, 0) is 6.54 Å². The summed E-state index contributed by atoms with van der Waals surface area (Å²) in [6, 6.07) is 10.1. The van der Waals surface area contributed by atoms with Crippen LogP contribution in [-0.4, -0.2) is 15.2 Å². The highest BCUT2D eigenvalue weighted by molar-refractivity contribution is 5.93. The maximum absolute atomic E-state index is 5.68. The standard InChI is InChI=1S/C14H14N4/c1-9-6-11(4-5-16-9)14-12-7-10(8-15)2-3-13(12)17-18-14/h2-7H,8,15H2,1H3,(H,17,18). The van der Waals surface area contributed by atoms with Crippen molar-refractivity contribution in [2.75, 3.05) is 0 Å². The average molecular weight is 238 g/mol. The zero-order chi connectivity index (χ0) is 12.5. The highest BCUT2D eigenvalue weighted by Crippen LogP contribution is 2.26. The number of hydrogen-bond acceptors (Lipinski definition) is 3. The zero-order valence-electron chi connectivity index (χ0n) is 10.1. The van der Waals surface area contributed by atoms with Gasteiger partial charge in [-0.15, -0.1) is 0 Å². The van der Waals surface area contributed by atoms with E-state index >= 15 is 0 Å². The maximum Gasteiger partial charge on any atom is 0.100 e. The van der Waals surface area contributed by atoms with E-state index in [4.69, 9.17) is 5.73 Å². The van der Waals surface area contributed by atoms with Crippen LogP contribution in [0, 0.1) is 6.92 Å². The lowest BCUT2D eigenvalue weighted by atomic mass is 10.1. The quantitative estimate of drug-likeness (QED) is 0.720. The predicted molar refractivity (Wildman–Crippen MR) is 72.0 cm³/mol. The smallest absolute Gasteiger partial charge is 0.100 e. The van der Waals surface area contributed by atoms with Crippen molar-refractivity contribution >= 4 is 10.9 Å². The van der Waals surface area contributed by atoms with Gasteiger partial charge in [0, 0.05) is 29.4 Å². The van der Waals surface area contributed by atoms with E-state index in [0.29, 0.717) is 6.54 Å². The predicted octanol–water partition coefficient (Wildman–Crippen LogP) is 2.39. The first-order chi connectivity index (χ1) is 8.78. The van der Waals surface area contributed by atoms with Crippen LogP contribution in [0.4, 0.5) is 0 Å². The van der Waals surface area contributed by atoms with Crippen molar-refractivity contribution in [2.24, 2.45) is 5.73 Å². The summed E-state index contributed by atoms with van der Waals surface area (Å²) in [4.78, 5) is 4.21. The highest BCUT2D eigenvalue weighted by Gasteiger charge is 2.08. The fourth-order valence-corrected chi connectivity index (χ4v) is 2.10. The summed E-state index contributed by atoms with van der Waals surface area (Å²) >= 11 is 0. The van der Waals surface area contributed by atoms with Gasteiger partial charge < -0.3 is 5.73 Å². The molecule has 4 heteroatoms. The molecule has 0 spiro atoms. The Morgan fingerprint density at radius 3 is 2.89 bits per heavy atom. The number of nitrogens with one attached hydrogen (secondary N) is 1. The molecule has 0 fully saturated rings. The molecule has 90 valence electrons. The lowest BCUT2D eigenvalue weighted by Crippen LogP contribution is -1.95. The molecule has 0 saturated carbocycles. The van der Waals surface area contributed by atoms with Gasteiger partial charge in [-0.3, -0.25) is 10.1 Å². The number of fused-ring (bicyclic) bond motifs is 1. The number of aryl methyl sites for hydroxylation is 1. The molecule has 0 amide bonds. The minimum absolute atomic E-state index is 0.538. The summed E-state index contributed by atoms with van der Waals surface area (Å²) in [7, 11) is 0. The second-order valence-electron chi connectivity index (χ2n) is 4.34. The lowest BCUT2D eigenvalue weighted by molar-refractivity contribution is 1.07. The van der Waals surface area contributed by atoms with Crippen LogP contribution in [0.15, 0.2) is 36.5 Å². The van der Waals surface area contributed by atoms with Gasteiger partial charge in [0.1, 0.15) is 5.69 Å². The molecule has 2 heterocycles. The molecule has 3 aromatic rings. The summed E-state index contributed by atoms with van der Waals surface area (Å²) in [6.07, 6.45) is 1.80. The first kappa shape index (κ1) is 10.9. The largest absolute Gasteiger partial charge is 0.326 e. The molecule has 0 saturated heterocycles. The van der Waals surface area contributed by atoms with Gasteiger partial charge in [0.25, 0.3) is 0 Å². The zero-order valence-corrected chi connectivity index (χ0v) is 10.1. The van der Waals surface area contributed by atoms with E-state index in [1.165, 1.54) is 0 Å². The number of benzene rings is 1. The molecule has 0 unspecified atom stereocenters. The second kappa shape index (κ2) is 4.23. The van der Waals surface area contributed by atoms with Crippen molar-refractivity contribution in [1.82, 2.24) is 15.2 Å². The van der Waals surface area contributed by atoms with Gasteiger partial charge in [-0.1, -0.05) is 6.07 Å². The summed E-state index contributed by atoms with van der Waals surface area (Å²) in [5.74, 6) is 0. The van der Waals surface area contributed by atoms with Crippen LogP contribution < -0.4 is 5.73 Å². The normalized spacial score (nSPS) is 11.0. The Kier molecular flexibility index (Phi) is 2.57. The summed E-state index contributed by atoms with van der Waals surface area (Å²) in [6.45, 7) is 2.51. The molecule has 3 rings (SSSR count). The third kappa shape index (κ3) is 1.76. The molecule has 2 aromatic heterocycles. The van der Waals surface area contributed by atoms with Crippen LogP contribution >= 0.6 is 0 Å². The maximum atomic E-state index is 5.68. The monoisotopic (exact) mass is 238 g/mol. The molecule has 4 nitrogen and oxygen atoms in total. The van der Waals surface area contributed by atoms with Crippen molar-refractivity contribution in [3.63, 3.8) is 0 Å². The van der Waals surface area contributed by atoms with Crippen molar-refractivity contribution in [3.8, 4) is 11.3 Å². The average Bonchev–Trinajstić information content (AvgIpc) is 2.81. The number of aromatic nitrogens is 3. The van der Waals surface area contributed by atoms with Gasteiger partial charge in [-0.2, -0.15) is 5.10 Å². The number of nitrogens with zero attached hydrogens (tertiary/aromatic N) is 2. The fraction of sp³-hybridized carbons (Fsp3) is 0.143. The lowest BCUT2D eigenvalue weighted by Gasteiger charge is -2.00. The van der Waals surface area contributed by atoms with E-state index in [0.717, 1.165) is 33.4 Å². The van der Waals surface area contributed by atoms with Crippen LogP contribution in [0.1, 0.15) is 11.3 Å². The molecule has 0 radical (unpaired) electrons. The van der Waals surface area contributed by atoms with E-state index in [1.54, 1.807) is 6.20 Å². The van der Waals surface area contributed by atoms with Crippen molar-refractivity contribution < 1.29 is 0 Å². The minimum Gasteiger partial charge on any atom is -0.326 e. The molecular formula is C14H14N4. The summed E-state index contributed by atoms with van der Waals surface area (Å²) < 4.78 is 0. The Hall–Kier alpha value is -2.20. The Morgan fingerprint density at radius 2 is 2.11 bits per heavy atom. The van der Waals surface area contributed by atoms with Crippen LogP contribution in [0.2, 0.25) is 0 Å². The van der Waals surface area contributed by atoms with Gasteiger partial charge in [0.05, 0.1) is 5.52 Å². The Balaban J connectivity index is 2.22. The van der Waals surface area contributed by atoms with Gasteiger partial charge in [0.15, 0.2) is 0 Å². The first-order valence-corrected chi connectivity index (χ1v) is 5.88. The number of nitrogens with two attached hydrogens (primary N) is 1. The number of rotatable bonds is 2. The van der Waals surface area contributed by atoms with Crippen molar-refractivity contribution in [2.45, 2.75) is 13.5 Å². The van der Waals surface area contributed by atoms with E-state index < -0.39 is 0 Å². The van der Waals surface area contributed by atoms with Gasteiger partial charge >= 0.3 is 0 Å². The first-order valence-electron chi connectivity index (χ1n) is 5.88. The van der Waals surface area contributed by atoms with E-state index in [1.807, 2.05) is 31.2 Å². The molecule has 1 aromatic carbocycles. The van der Waals surface area contributed by atoms with Gasteiger partial charge in [-0.25, -0.2) is 0 Å². The molecule has 0 aliphatic carbocycles. The van der Waals surface area contributed by atoms with E-state index in [2.05, 4.69) is 21.2 Å². The molecule has 0 atom stereocenters. The SMILES string of the molecule is Cc1cc(-c2n[nH]c3ccc(CN)cc23)ccn1.